The van der Waals surface area contributed by atoms with Gasteiger partial charge in [0.15, 0.2) is 0 Å². The van der Waals surface area contributed by atoms with Crippen molar-refractivity contribution in [2.24, 2.45) is 0 Å². The lowest BCUT2D eigenvalue weighted by molar-refractivity contribution is 0.195. The Balaban J connectivity index is 2.30. The minimum atomic E-state index is 0.0592. The first kappa shape index (κ1) is 20.3. The van der Waals surface area contributed by atoms with Crippen LogP contribution in [0.3, 0.4) is 0 Å². The quantitative estimate of drug-likeness (QED) is 0.597. The Hall–Kier alpha value is -1.71. The number of hydrogen-bond acceptors (Lipinski definition) is 2. The fraction of sp³-hybridized carbons (Fsp3) is 0.650. The maximum atomic E-state index is 12.3. The van der Waals surface area contributed by atoms with Gasteiger partial charge in [-0.15, -0.1) is 0 Å². The van der Waals surface area contributed by atoms with E-state index in [1.807, 2.05) is 11.0 Å². The molecule has 4 heteroatoms. The number of benzene rings is 1. The summed E-state index contributed by atoms with van der Waals surface area (Å²) in [5.74, 6) is 0.969. The molecule has 0 spiro atoms. The van der Waals surface area contributed by atoms with E-state index in [0.29, 0.717) is 13.2 Å². The van der Waals surface area contributed by atoms with Crippen LogP contribution in [-0.4, -0.2) is 37.2 Å². The van der Waals surface area contributed by atoms with Crippen LogP contribution in [0.4, 0.5) is 4.79 Å². The Labute approximate surface area is 147 Å². The van der Waals surface area contributed by atoms with Gasteiger partial charge in [0.05, 0.1) is 6.61 Å². The number of carbonyl (C=O) groups is 1. The topological polar surface area (TPSA) is 41.6 Å². The molecule has 0 radical (unpaired) electrons. The number of rotatable bonds is 11. The molecule has 0 unspecified atom stereocenters. The third-order valence-corrected chi connectivity index (χ3v) is 4.10. The first-order valence-corrected chi connectivity index (χ1v) is 9.31. The average molecular weight is 335 g/mol. The van der Waals surface area contributed by atoms with Crippen molar-refractivity contribution in [1.29, 1.82) is 0 Å². The van der Waals surface area contributed by atoms with Gasteiger partial charge in [0.1, 0.15) is 5.75 Å². The molecule has 4 nitrogen and oxygen atoms in total. The lowest BCUT2D eigenvalue weighted by Crippen LogP contribution is -2.41. The van der Waals surface area contributed by atoms with Gasteiger partial charge >= 0.3 is 6.03 Å². The van der Waals surface area contributed by atoms with E-state index in [4.69, 9.17) is 4.74 Å². The molecule has 0 aliphatic rings. The standard InChI is InChI=1S/C20H34N2O2/c1-5-7-14-22(15-8-6-2)20(23)21-13-10-16-24-19-17(3)11-9-12-18(19)4/h9,11-12H,5-8,10,13-16H2,1-4H3,(H,21,23). The number of urea groups is 1. The number of para-hydroxylation sites is 1. The van der Waals surface area contributed by atoms with Gasteiger partial charge in [0.2, 0.25) is 0 Å². The number of nitrogens with one attached hydrogen (secondary N) is 1. The summed E-state index contributed by atoms with van der Waals surface area (Å²) in [5.41, 5.74) is 2.31. The van der Waals surface area contributed by atoms with Crippen LogP contribution in [0, 0.1) is 13.8 Å². The Morgan fingerprint density at radius 3 is 2.17 bits per heavy atom. The highest BCUT2D eigenvalue weighted by Gasteiger charge is 2.11. The zero-order valence-electron chi connectivity index (χ0n) is 15.9. The van der Waals surface area contributed by atoms with Gasteiger partial charge in [-0.2, -0.15) is 0 Å². The molecule has 0 saturated heterocycles. The summed E-state index contributed by atoms with van der Waals surface area (Å²) in [5, 5.41) is 3.02. The van der Waals surface area contributed by atoms with E-state index in [2.05, 4.69) is 45.1 Å². The van der Waals surface area contributed by atoms with E-state index in [1.165, 1.54) is 0 Å². The third kappa shape index (κ3) is 7.24. The SMILES string of the molecule is CCCCN(CCCC)C(=O)NCCCOc1c(C)cccc1C. The maximum absolute atomic E-state index is 12.3. The summed E-state index contributed by atoms with van der Waals surface area (Å²) in [6, 6.07) is 6.22. The number of hydrogen-bond donors (Lipinski definition) is 1. The summed E-state index contributed by atoms with van der Waals surface area (Å²) < 4.78 is 5.87. The monoisotopic (exact) mass is 334 g/mol. The fourth-order valence-corrected chi connectivity index (χ4v) is 2.59. The van der Waals surface area contributed by atoms with Crippen LogP contribution in [0.15, 0.2) is 18.2 Å². The highest BCUT2D eigenvalue weighted by atomic mass is 16.5. The van der Waals surface area contributed by atoms with Crippen LogP contribution in [0.1, 0.15) is 57.1 Å². The summed E-state index contributed by atoms with van der Waals surface area (Å²) >= 11 is 0. The Kier molecular flexibility index (Phi) is 9.97. The van der Waals surface area contributed by atoms with Gasteiger partial charge in [-0.1, -0.05) is 44.9 Å². The summed E-state index contributed by atoms with van der Waals surface area (Å²) in [4.78, 5) is 14.2. The predicted molar refractivity (Wildman–Crippen MR) is 101 cm³/mol. The highest BCUT2D eigenvalue weighted by Crippen LogP contribution is 2.22. The molecule has 136 valence electrons. The van der Waals surface area contributed by atoms with E-state index in [-0.39, 0.29) is 6.03 Å². The molecule has 0 fully saturated rings. The molecule has 0 saturated carbocycles. The van der Waals surface area contributed by atoms with Crippen LogP contribution in [-0.2, 0) is 0 Å². The van der Waals surface area contributed by atoms with Crippen molar-refractivity contribution in [1.82, 2.24) is 10.2 Å². The van der Waals surface area contributed by atoms with E-state index in [9.17, 15) is 4.79 Å². The lowest BCUT2D eigenvalue weighted by Gasteiger charge is -2.23. The third-order valence-electron chi connectivity index (χ3n) is 4.10. The van der Waals surface area contributed by atoms with Gasteiger partial charge in [-0.05, 0) is 44.2 Å². The molecular weight excluding hydrogens is 300 g/mol. The number of ether oxygens (including phenoxy) is 1. The molecule has 0 aromatic heterocycles. The number of unbranched alkanes of at least 4 members (excludes halogenated alkanes) is 2. The van der Waals surface area contributed by atoms with Crippen LogP contribution < -0.4 is 10.1 Å². The normalized spacial score (nSPS) is 10.5. The van der Waals surface area contributed by atoms with Crippen molar-refractivity contribution in [3.05, 3.63) is 29.3 Å². The molecule has 24 heavy (non-hydrogen) atoms. The van der Waals surface area contributed by atoms with Gasteiger partial charge in [0.25, 0.3) is 0 Å². The number of amides is 2. The summed E-state index contributed by atoms with van der Waals surface area (Å²) in [6.07, 6.45) is 5.16. The van der Waals surface area contributed by atoms with Crippen molar-refractivity contribution in [3.63, 3.8) is 0 Å². The van der Waals surface area contributed by atoms with E-state index in [1.54, 1.807) is 0 Å². The summed E-state index contributed by atoms with van der Waals surface area (Å²) in [7, 11) is 0. The molecular formula is C20H34N2O2. The van der Waals surface area contributed by atoms with Crippen molar-refractivity contribution in [3.8, 4) is 5.75 Å². The van der Waals surface area contributed by atoms with Crippen molar-refractivity contribution >= 4 is 6.03 Å². The van der Waals surface area contributed by atoms with Gasteiger partial charge < -0.3 is 15.0 Å². The molecule has 0 heterocycles. The second kappa shape index (κ2) is 11.8. The van der Waals surface area contributed by atoms with E-state index in [0.717, 1.165) is 62.1 Å². The minimum Gasteiger partial charge on any atom is -0.493 e. The maximum Gasteiger partial charge on any atom is 0.317 e. The van der Waals surface area contributed by atoms with Crippen LogP contribution >= 0.6 is 0 Å². The predicted octanol–water partition coefficient (Wildman–Crippen LogP) is 4.68. The lowest BCUT2D eigenvalue weighted by atomic mass is 10.1. The molecule has 1 rings (SSSR count). The second-order valence-corrected chi connectivity index (χ2v) is 6.35. The minimum absolute atomic E-state index is 0.0592. The molecule has 2 amide bonds. The number of aryl methyl sites for hydroxylation is 2. The highest BCUT2D eigenvalue weighted by molar-refractivity contribution is 5.74. The molecule has 0 atom stereocenters. The largest absolute Gasteiger partial charge is 0.493 e. The Morgan fingerprint density at radius 2 is 1.62 bits per heavy atom. The van der Waals surface area contributed by atoms with Gasteiger partial charge in [0, 0.05) is 19.6 Å². The van der Waals surface area contributed by atoms with Gasteiger partial charge in [-0.3, -0.25) is 0 Å². The molecule has 1 aromatic carbocycles. The van der Waals surface area contributed by atoms with E-state index < -0.39 is 0 Å². The molecule has 1 aromatic rings. The zero-order chi connectivity index (χ0) is 17.8. The first-order chi connectivity index (χ1) is 11.6. The Morgan fingerprint density at radius 1 is 1.04 bits per heavy atom. The molecule has 0 bridgehead atoms. The molecule has 1 N–H and O–H groups in total. The zero-order valence-corrected chi connectivity index (χ0v) is 15.9. The van der Waals surface area contributed by atoms with Crippen LogP contribution in [0.25, 0.3) is 0 Å². The van der Waals surface area contributed by atoms with Gasteiger partial charge in [-0.25, -0.2) is 4.79 Å². The Bertz CT molecular complexity index is 460. The fourth-order valence-electron chi connectivity index (χ4n) is 2.59. The van der Waals surface area contributed by atoms with Crippen molar-refractivity contribution < 1.29 is 9.53 Å². The van der Waals surface area contributed by atoms with Crippen LogP contribution in [0.5, 0.6) is 5.75 Å². The van der Waals surface area contributed by atoms with Crippen molar-refractivity contribution in [2.75, 3.05) is 26.2 Å². The van der Waals surface area contributed by atoms with Crippen LogP contribution in [0.2, 0.25) is 0 Å². The van der Waals surface area contributed by atoms with E-state index >= 15 is 0 Å². The number of carbonyl (C=O) groups excluding carboxylic acids is 1. The molecule has 0 aliphatic heterocycles. The molecule has 0 aliphatic carbocycles. The first-order valence-electron chi connectivity index (χ1n) is 9.31. The average Bonchev–Trinajstić information content (AvgIpc) is 2.57. The smallest absolute Gasteiger partial charge is 0.317 e. The summed E-state index contributed by atoms with van der Waals surface area (Å²) in [6.45, 7) is 11.4. The number of nitrogens with zero attached hydrogens (tertiary/aromatic N) is 1. The second-order valence-electron chi connectivity index (χ2n) is 6.35. The van der Waals surface area contributed by atoms with Crippen molar-refractivity contribution in [2.45, 2.75) is 59.8 Å².